The van der Waals surface area contributed by atoms with Gasteiger partial charge < -0.3 is 14.9 Å². The maximum absolute atomic E-state index is 12.3. The normalized spacial score (nSPS) is 14.1. The summed E-state index contributed by atoms with van der Waals surface area (Å²) in [5.74, 6) is 0.700. The standard InChI is InChI=1S/C29H42O4/c1-9-29(10-2,22-11-13-24(19(3)15-22)21(5)25(31)17-30)23-12-14-26(20(4)16-23)33-18-27(32)28(6,7)8/h11-16,21,25,30-31H,9-10,17-18H2,1-8H3. The number of ketones is 1. The Morgan fingerprint density at radius 3 is 1.97 bits per heavy atom. The zero-order valence-electron chi connectivity index (χ0n) is 21.7. The van der Waals surface area contributed by atoms with E-state index in [-0.39, 0.29) is 30.3 Å². The van der Waals surface area contributed by atoms with Crippen molar-refractivity contribution in [2.75, 3.05) is 13.2 Å². The van der Waals surface area contributed by atoms with Crippen LogP contribution in [0.3, 0.4) is 0 Å². The Kier molecular flexibility index (Phi) is 8.89. The van der Waals surface area contributed by atoms with Gasteiger partial charge in [-0.1, -0.05) is 71.9 Å². The minimum absolute atomic E-state index is 0.0783. The number of carbonyl (C=O) groups excluding carboxylic acids is 1. The molecule has 0 spiro atoms. The topological polar surface area (TPSA) is 66.8 Å². The van der Waals surface area contributed by atoms with Crippen LogP contribution < -0.4 is 4.74 Å². The number of hydrogen-bond donors (Lipinski definition) is 2. The number of aliphatic hydroxyl groups excluding tert-OH is 2. The van der Waals surface area contributed by atoms with E-state index in [0.717, 1.165) is 35.3 Å². The van der Waals surface area contributed by atoms with E-state index in [0.29, 0.717) is 0 Å². The molecule has 0 bridgehead atoms. The van der Waals surface area contributed by atoms with Gasteiger partial charge in [0, 0.05) is 16.7 Å². The smallest absolute Gasteiger partial charge is 0.175 e. The largest absolute Gasteiger partial charge is 0.486 e. The van der Waals surface area contributed by atoms with Crippen molar-refractivity contribution in [3.05, 3.63) is 64.2 Å². The van der Waals surface area contributed by atoms with Gasteiger partial charge in [-0.25, -0.2) is 0 Å². The molecule has 182 valence electrons. The molecule has 4 nitrogen and oxygen atoms in total. The Morgan fingerprint density at radius 2 is 1.52 bits per heavy atom. The number of aliphatic hydroxyl groups is 2. The van der Waals surface area contributed by atoms with Crippen molar-refractivity contribution < 1.29 is 19.7 Å². The van der Waals surface area contributed by atoms with Crippen LogP contribution >= 0.6 is 0 Å². The van der Waals surface area contributed by atoms with Gasteiger partial charge in [0.05, 0.1) is 12.7 Å². The fraction of sp³-hybridized carbons (Fsp3) is 0.552. The predicted octanol–water partition coefficient (Wildman–Crippen LogP) is 5.86. The van der Waals surface area contributed by atoms with Gasteiger partial charge in [0.15, 0.2) is 5.78 Å². The van der Waals surface area contributed by atoms with E-state index in [2.05, 4.69) is 51.1 Å². The minimum atomic E-state index is -0.767. The summed E-state index contributed by atoms with van der Waals surface area (Å²) < 4.78 is 5.87. The third-order valence-electron chi connectivity index (χ3n) is 7.21. The lowest BCUT2D eigenvalue weighted by Gasteiger charge is -2.34. The summed E-state index contributed by atoms with van der Waals surface area (Å²) in [7, 11) is 0. The molecule has 4 heteroatoms. The lowest BCUT2D eigenvalue weighted by molar-refractivity contribution is -0.128. The van der Waals surface area contributed by atoms with Crippen LogP contribution in [0.15, 0.2) is 36.4 Å². The maximum Gasteiger partial charge on any atom is 0.175 e. The van der Waals surface area contributed by atoms with Crippen molar-refractivity contribution in [2.45, 2.75) is 85.7 Å². The Labute approximate surface area is 200 Å². The molecule has 0 aliphatic carbocycles. The first-order chi connectivity index (χ1) is 15.4. The van der Waals surface area contributed by atoms with E-state index in [1.54, 1.807) is 0 Å². The molecule has 0 aromatic heterocycles. The maximum atomic E-state index is 12.3. The molecule has 0 fully saturated rings. The van der Waals surface area contributed by atoms with Crippen molar-refractivity contribution >= 4 is 5.78 Å². The molecule has 2 N–H and O–H groups in total. The van der Waals surface area contributed by atoms with Gasteiger partial charge in [-0.2, -0.15) is 0 Å². The lowest BCUT2D eigenvalue weighted by atomic mass is 9.69. The zero-order valence-corrected chi connectivity index (χ0v) is 21.7. The second kappa shape index (κ2) is 10.8. The van der Waals surface area contributed by atoms with E-state index in [9.17, 15) is 15.0 Å². The van der Waals surface area contributed by atoms with E-state index in [4.69, 9.17) is 4.74 Å². The highest BCUT2D eigenvalue weighted by atomic mass is 16.5. The highest BCUT2D eigenvalue weighted by Gasteiger charge is 2.32. The number of aryl methyl sites for hydroxylation is 2. The van der Waals surface area contributed by atoms with Crippen LogP contribution in [0.2, 0.25) is 0 Å². The molecule has 0 aliphatic heterocycles. The van der Waals surface area contributed by atoms with Crippen molar-refractivity contribution in [1.82, 2.24) is 0 Å². The van der Waals surface area contributed by atoms with Crippen LogP contribution in [-0.2, 0) is 10.2 Å². The third-order valence-corrected chi connectivity index (χ3v) is 7.21. The lowest BCUT2D eigenvalue weighted by Crippen LogP contribution is -2.27. The van der Waals surface area contributed by atoms with Crippen LogP contribution in [0.5, 0.6) is 5.75 Å². The fourth-order valence-corrected chi connectivity index (χ4v) is 4.55. The second-order valence-electron chi connectivity index (χ2n) is 10.3. The fourth-order valence-electron chi connectivity index (χ4n) is 4.55. The first-order valence-electron chi connectivity index (χ1n) is 12.1. The van der Waals surface area contributed by atoms with E-state index < -0.39 is 11.5 Å². The molecule has 33 heavy (non-hydrogen) atoms. The number of benzene rings is 2. The van der Waals surface area contributed by atoms with Crippen LogP contribution in [0.4, 0.5) is 0 Å². The molecule has 0 radical (unpaired) electrons. The first-order valence-corrected chi connectivity index (χ1v) is 12.1. The van der Waals surface area contributed by atoms with Crippen LogP contribution in [0.1, 0.15) is 88.1 Å². The molecule has 2 aromatic rings. The van der Waals surface area contributed by atoms with Gasteiger partial charge in [-0.15, -0.1) is 0 Å². The Morgan fingerprint density at radius 1 is 0.970 bits per heavy atom. The average Bonchev–Trinajstić information content (AvgIpc) is 2.78. The van der Waals surface area contributed by atoms with Gasteiger partial charge in [0.2, 0.25) is 0 Å². The zero-order chi connectivity index (χ0) is 25.0. The van der Waals surface area contributed by atoms with E-state index in [1.165, 1.54) is 11.1 Å². The number of rotatable bonds is 10. The highest BCUT2D eigenvalue weighted by Crippen LogP contribution is 2.41. The molecule has 2 aromatic carbocycles. The van der Waals surface area contributed by atoms with Crippen LogP contribution in [0, 0.1) is 19.3 Å². The number of Topliss-reactive ketones (excluding diaryl/α,β-unsaturated/α-hetero) is 1. The Bertz CT molecular complexity index is 951. The summed E-state index contributed by atoms with van der Waals surface area (Å²) in [6.45, 7) is 16.0. The Hall–Kier alpha value is -2.17. The van der Waals surface area contributed by atoms with Gasteiger partial charge in [-0.3, -0.25) is 4.79 Å². The third kappa shape index (κ3) is 5.85. The van der Waals surface area contributed by atoms with Gasteiger partial charge in [-0.05, 0) is 60.6 Å². The van der Waals surface area contributed by atoms with E-state index >= 15 is 0 Å². The molecule has 0 aliphatic rings. The monoisotopic (exact) mass is 454 g/mol. The molecule has 0 saturated carbocycles. The van der Waals surface area contributed by atoms with Crippen LogP contribution in [-0.4, -0.2) is 35.3 Å². The summed E-state index contributed by atoms with van der Waals surface area (Å²) in [4.78, 5) is 12.3. The molecule has 0 saturated heterocycles. The van der Waals surface area contributed by atoms with E-state index in [1.807, 2.05) is 40.7 Å². The second-order valence-corrected chi connectivity index (χ2v) is 10.3. The van der Waals surface area contributed by atoms with Crippen molar-refractivity contribution in [3.63, 3.8) is 0 Å². The number of carbonyl (C=O) groups is 1. The summed E-state index contributed by atoms with van der Waals surface area (Å²) in [6, 6.07) is 12.8. The molecule has 0 amide bonds. The minimum Gasteiger partial charge on any atom is -0.486 e. The summed E-state index contributed by atoms with van der Waals surface area (Å²) in [6.07, 6.45) is 1.12. The summed E-state index contributed by atoms with van der Waals surface area (Å²) in [5.41, 5.74) is 5.12. The van der Waals surface area contributed by atoms with Gasteiger partial charge in [0.1, 0.15) is 12.4 Å². The van der Waals surface area contributed by atoms with Crippen molar-refractivity contribution in [3.8, 4) is 5.75 Å². The van der Waals surface area contributed by atoms with Crippen molar-refractivity contribution in [2.24, 2.45) is 5.41 Å². The van der Waals surface area contributed by atoms with Crippen LogP contribution in [0.25, 0.3) is 0 Å². The number of ether oxygens (including phenoxy) is 1. The number of hydrogen-bond acceptors (Lipinski definition) is 4. The predicted molar refractivity (Wildman–Crippen MR) is 135 cm³/mol. The average molecular weight is 455 g/mol. The Balaban J connectivity index is 2.40. The molecular formula is C29H42O4. The quantitative estimate of drug-likeness (QED) is 0.472. The van der Waals surface area contributed by atoms with Gasteiger partial charge >= 0.3 is 0 Å². The molecule has 2 rings (SSSR count). The molecule has 2 unspecified atom stereocenters. The van der Waals surface area contributed by atoms with Crippen molar-refractivity contribution in [1.29, 1.82) is 0 Å². The molecular weight excluding hydrogens is 412 g/mol. The first kappa shape index (κ1) is 27.1. The SMILES string of the molecule is CCC(CC)(c1ccc(OCC(=O)C(C)(C)C)c(C)c1)c1ccc(C(C)C(O)CO)c(C)c1. The molecule has 0 heterocycles. The summed E-state index contributed by atoms with van der Waals surface area (Å²) in [5, 5.41) is 19.4. The highest BCUT2D eigenvalue weighted by molar-refractivity contribution is 5.85. The summed E-state index contributed by atoms with van der Waals surface area (Å²) >= 11 is 0. The van der Waals surface area contributed by atoms with Gasteiger partial charge in [0.25, 0.3) is 0 Å². The molecule has 2 atom stereocenters.